The lowest BCUT2D eigenvalue weighted by Gasteiger charge is -2.03. The van der Waals surface area contributed by atoms with Crippen LogP contribution in [0.25, 0.3) is 0 Å². The van der Waals surface area contributed by atoms with E-state index in [4.69, 9.17) is 5.26 Å². The molecule has 0 atom stereocenters. The van der Waals surface area contributed by atoms with E-state index < -0.39 is 13.0 Å². The van der Waals surface area contributed by atoms with E-state index >= 15 is 0 Å². The summed E-state index contributed by atoms with van der Waals surface area (Å²) in [6.07, 6.45) is -2.53. The lowest BCUT2D eigenvalue weighted by Crippen LogP contribution is -2.08. The first-order chi connectivity index (χ1) is 6.22. The Morgan fingerprint density at radius 1 is 1.54 bits per heavy atom. The van der Waals surface area contributed by atoms with Crippen molar-refractivity contribution in [2.75, 3.05) is 6.61 Å². The Kier molecular flexibility index (Phi) is 3.15. The average molecular weight is 184 g/mol. The van der Waals surface area contributed by atoms with Gasteiger partial charge in [0, 0.05) is 6.07 Å². The SMILES string of the molecule is N#Cc1cccc(OCC(F)F)n1. The van der Waals surface area contributed by atoms with Crippen LogP contribution in [0.1, 0.15) is 5.69 Å². The van der Waals surface area contributed by atoms with Gasteiger partial charge in [-0.05, 0) is 6.07 Å². The highest BCUT2D eigenvalue weighted by Crippen LogP contribution is 2.07. The molecule has 1 aromatic rings. The van der Waals surface area contributed by atoms with Crippen LogP contribution in [0, 0.1) is 11.3 Å². The van der Waals surface area contributed by atoms with Crippen LogP contribution >= 0.6 is 0 Å². The van der Waals surface area contributed by atoms with Crippen LogP contribution in [-0.4, -0.2) is 18.0 Å². The smallest absolute Gasteiger partial charge is 0.272 e. The average Bonchev–Trinajstić information content (AvgIpc) is 2.15. The fourth-order valence-electron chi connectivity index (χ4n) is 0.706. The molecule has 0 aliphatic rings. The van der Waals surface area contributed by atoms with Gasteiger partial charge in [0.15, 0.2) is 6.61 Å². The van der Waals surface area contributed by atoms with Gasteiger partial charge in [0.1, 0.15) is 11.8 Å². The number of hydrogen-bond acceptors (Lipinski definition) is 3. The predicted octanol–water partition coefficient (Wildman–Crippen LogP) is 1.60. The lowest BCUT2D eigenvalue weighted by atomic mass is 10.4. The Hall–Kier alpha value is -1.70. The third-order valence-electron chi connectivity index (χ3n) is 1.20. The van der Waals surface area contributed by atoms with Gasteiger partial charge >= 0.3 is 0 Å². The fraction of sp³-hybridized carbons (Fsp3) is 0.250. The molecule has 5 heteroatoms. The first-order valence-corrected chi connectivity index (χ1v) is 3.50. The van der Waals surface area contributed by atoms with Gasteiger partial charge in [0.2, 0.25) is 5.88 Å². The maximum absolute atomic E-state index is 11.7. The van der Waals surface area contributed by atoms with E-state index in [1.165, 1.54) is 18.2 Å². The van der Waals surface area contributed by atoms with Crippen molar-refractivity contribution >= 4 is 0 Å². The molecule has 0 saturated heterocycles. The second kappa shape index (κ2) is 4.36. The van der Waals surface area contributed by atoms with Crippen LogP contribution < -0.4 is 4.74 Å². The predicted molar refractivity (Wildman–Crippen MR) is 40.5 cm³/mol. The quantitative estimate of drug-likeness (QED) is 0.716. The van der Waals surface area contributed by atoms with Gasteiger partial charge in [-0.2, -0.15) is 5.26 Å². The standard InChI is InChI=1S/C8H6F2N2O/c9-7(10)5-13-8-3-1-2-6(4-11)12-8/h1-3,7H,5H2. The van der Waals surface area contributed by atoms with Crippen molar-refractivity contribution < 1.29 is 13.5 Å². The molecule has 0 bridgehead atoms. The molecule has 0 N–H and O–H groups in total. The van der Waals surface area contributed by atoms with E-state index in [-0.39, 0.29) is 11.6 Å². The molecule has 1 aromatic heterocycles. The van der Waals surface area contributed by atoms with Crippen molar-refractivity contribution in [2.45, 2.75) is 6.43 Å². The number of nitriles is 1. The van der Waals surface area contributed by atoms with E-state index in [1.54, 1.807) is 6.07 Å². The third kappa shape index (κ3) is 3.03. The Balaban J connectivity index is 2.63. The highest BCUT2D eigenvalue weighted by molar-refractivity contribution is 5.24. The summed E-state index contributed by atoms with van der Waals surface area (Å²) in [4.78, 5) is 3.65. The largest absolute Gasteiger partial charge is 0.472 e. The highest BCUT2D eigenvalue weighted by atomic mass is 19.3. The van der Waals surface area contributed by atoms with Crippen LogP contribution in [0.2, 0.25) is 0 Å². The molecule has 13 heavy (non-hydrogen) atoms. The molecule has 1 rings (SSSR count). The molecule has 0 aromatic carbocycles. The van der Waals surface area contributed by atoms with E-state index in [2.05, 4.69) is 9.72 Å². The van der Waals surface area contributed by atoms with Gasteiger partial charge in [-0.15, -0.1) is 0 Å². The Morgan fingerprint density at radius 3 is 2.92 bits per heavy atom. The summed E-state index contributed by atoms with van der Waals surface area (Å²) in [5.74, 6) is 0.0411. The molecular formula is C8H6F2N2O. The number of ether oxygens (including phenoxy) is 1. The second-order valence-corrected chi connectivity index (χ2v) is 2.17. The van der Waals surface area contributed by atoms with Gasteiger partial charge in [0.25, 0.3) is 6.43 Å². The summed E-state index contributed by atoms with van der Waals surface area (Å²) in [5.41, 5.74) is 0.145. The van der Waals surface area contributed by atoms with Gasteiger partial charge < -0.3 is 4.74 Å². The molecule has 0 unspecified atom stereocenters. The minimum atomic E-state index is -2.53. The summed E-state index contributed by atoms with van der Waals surface area (Å²) in [6, 6.07) is 6.18. The maximum Gasteiger partial charge on any atom is 0.272 e. The Morgan fingerprint density at radius 2 is 2.31 bits per heavy atom. The Labute approximate surface area is 73.6 Å². The van der Waals surface area contributed by atoms with Crippen molar-refractivity contribution in [1.29, 1.82) is 5.26 Å². The minimum Gasteiger partial charge on any atom is -0.472 e. The van der Waals surface area contributed by atoms with Gasteiger partial charge in [-0.1, -0.05) is 6.07 Å². The van der Waals surface area contributed by atoms with Crippen molar-refractivity contribution in [3.05, 3.63) is 23.9 Å². The number of rotatable bonds is 3. The summed E-state index contributed by atoms with van der Waals surface area (Å²) >= 11 is 0. The summed E-state index contributed by atoms with van der Waals surface area (Å²) < 4.78 is 28.0. The van der Waals surface area contributed by atoms with Crippen molar-refractivity contribution in [3.63, 3.8) is 0 Å². The first kappa shape index (κ1) is 9.39. The number of alkyl halides is 2. The van der Waals surface area contributed by atoms with Gasteiger partial charge in [-0.3, -0.25) is 0 Å². The number of pyridine rings is 1. The monoisotopic (exact) mass is 184 g/mol. The van der Waals surface area contributed by atoms with Crippen molar-refractivity contribution in [1.82, 2.24) is 4.98 Å². The Bertz CT molecular complexity index is 322. The molecule has 0 spiro atoms. The molecule has 3 nitrogen and oxygen atoms in total. The fourth-order valence-corrected chi connectivity index (χ4v) is 0.706. The van der Waals surface area contributed by atoms with Crippen LogP contribution in [0.5, 0.6) is 5.88 Å². The molecule has 0 saturated carbocycles. The van der Waals surface area contributed by atoms with E-state index in [9.17, 15) is 8.78 Å². The first-order valence-electron chi connectivity index (χ1n) is 3.50. The molecule has 68 valence electrons. The van der Waals surface area contributed by atoms with E-state index in [1.807, 2.05) is 0 Å². The molecule has 0 amide bonds. The molecule has 0 radical (unpaired) electrons. The highest BCUT2D eigenvalue weighted by Gasteiger charge is 2.04. The van der Waals surface area contributed by atoms with Crippen LogP contribution in [0.3, 0.4) is 0 Å². The number of hydrogen-bond donors (Lipinski definition) is 0. The molecule has 0 fully saturated rings. The normalized spacial score (nSPS) is 9.69. The van der Waals surface area contributed by atoms with Gasteiger partial charge in [0.05, 0.1) is 0 Å². The number of nitrogens with zero attached hydrogens (tertiary/aromatic N) is 2. The summed E-state index contributed by atoms with van der Waals surface area (Å²) in [5, 5.41) is 8.42. The molecule has 0 aliphatic heterocycles. The minimum absolute atomic E-state index is 0.0411. The lowest BCUT2D eigenvalue weighted by molar-refractivity contribution is 0.0795. The molecular weight excluding hydrogens is 178 g/mol. The van der Waals surface area contributed by atoms with E-state index in [0.717, 1.165) is 0 Å². The number of halogens is 2. The second-order valence-electron chi connectivity index (χ2n) is 2.17. The third-order valence-corrected chi connectivity index (χ3v) is 1.20. The molecule has 1 heterocycles. The summed E-state index contributed by atoms with van der Waals surface area (Å²) in [6.45, 7) is -0.706. The summed E-state index contributed by atoms with van der Waals surface area (Å²) in [7, 11) is 0. The zero-order chi connectivity index (χ0) is 9.68. The zero-order valence-electron chi connectivity index (χ0n) is 6.58. The van der Waals surface area contributed by atoms with Crippen LogP contribution in [0.4, 0.5) is 8.78 Å². The topological polar surface area (TPSA) is 45.9 Å². The van der Waals surface area contributed by atoms with Crippen molar-refractivity contribution in [3.8, 4) is 11.9 Å². The van der Waals surface area contributed by atoms with Gasteiger partial charge in [-0.25, -0.2) is 13.8 Å². The maximum atomic E-state index is 11.7. The zero-order valence-corrected chi connectivity index (χ0v) is 6.58. The van der Waals surface area contributed by atoms with E-state index in [0.29, 0.717) is 0 Å². The van der Waals surface area contributed by atoms with Crippen LogP contribution in [0.15, 0.2) is 18.2 Å². The molecule has 0 aliphatic carbocycles. The van der Waals surface area contributed by atoms with Crippen molar-refractivity contribution in [2.24, 2.45) is 0 Å². The van der Waals surface area contributed by atoms with Crippen LogP contribution in [-0.2, 0) is 0 Å². The number of aromatic nitrogens is 1.